The SMILES string of the molecule is Cc1nc2c(OCc3ccccc3)ncnc2n1C(C)C. The third-order valence-electron chi connectivity index (χ3n) is 3.35. The number of hydrogen-bond acceptors (Lipinski definition) is 4. The van der Waals surface area contributed by atoms with Gasteiger partial charge < -0.3 is 9.30 Å². The molecule has 108 valence electrons. The van der Waals surface area contributed by atoms with Crippen LogP contribution in [0.1, 0.15) is 31.3 Å². The molecule has 0 aliphatic carbocycles. The molecule has 0 unspecified atom stereocenters. The fourth-order valence-electron chi connectivity index (χ4n) is 2.45. The van der Waals surface area contributed by atoms with Crippen LogP contribution in [0.3, 0.4) is 0 Å². The van der Waals surface area contributed by atoms with E-state index in [0.29, 0.717) is 18.5 Å². The lowest BCUT2D eigenvalue weighted by atomic mass is 10.2. The molecule has 0 saturated carbocycles. The summed E-state index contributed by atoms with van der Waals surface area (Å²) in [4.78, 5) is 13.1. The average molecular weight is 282 g/mol. The molecule has 5 nitrogen and oxygen atoms in total. The topological polar surface area (TPSA) is 52.8 Å². The van der Waals surface area contributed by atoms with Gasteiger partial charge in [-0.25, -0.2) is 9.97 Å². The molecule has 2 heterocycles. The van der Waals surface area contributed by atoms with E-state index in [2.05, 4.69) is 33.4 Å². The van der Waals surface area contributed by atoms with E-state index in [9.17, 15) is 0 Å². The molecule has 3 rings (SSSR count). The number of nitrogens with zero attached hydrogens (tertiary/aromatic N) is 4. The van der Waals surface area contributed by atoms with Gasteiger partial charge in [0, 0.05) is 6.04 Å². The van der Waals surface area contributed by atoms with Crippen molar-refractivity contribution in [3.63, 3.8) is 0 Å². The van der Waals surface area contributed by atoms with Crippen LogP contribution < -0.4 is 4.74 Å². The monoisotopic (exact) mass is 282 g/mol. The van der Waals surface area contributed by atoms with E-state index < -0.39 is 0 Å². The van der Waals surface area contributed by atoms with E-state index in [1.54, 1.807) is 0 Å². The lowest BCUT2D eigenvalue weighted by Gasteiger charge is -2.10. The van der Waals surface area contributed by atoms with Gasteiger partial charge in [-0.15, -0.1) is 0 Å². The average Bonchev–Trinajstić information content (AvgIpc) is 2.82. The van der Waals surface area contributed by atoms with Crippen molar-refractivity contribution in [3.8, 4) is 5.88 Å². The maximum atomic E-state index is 5.83. The highest BCUT2D eigenvalue weighted by Gasteiger charge is 2.16. The summed E-state index contributed by atoms with van der Waals surface area (Å²) in [7, 11) is 0. The zero-order valence-corrected chi connectivity index (χ0v) is 12.4. The number of aryl methyl sites for hydroxylation is 1. The molecule has 0 fully saturated rings. The maximum absolute atomic E-state index is 5.83. The van der Waals surface area contributed by atoms with E-state index in [0.717, 1.165) is 22.6 Å². The number of hydrogen-bond donors (Lipinski definition) is 0. The van der Waals surface area contributed by atoms with Crippen LogP contribution in [0, 0.1) is 6.92 Å². The number of ether oxygens (including phenoxy) is 1. The second-order valence-corrected chi connectivity index (χ2v) is 5.25. The molecular formula is C16H18N4O. The third-order valence-corrected chi connectivity index (χ3v) is 3.35. The van der Waals surface area contributed by atoms with E-state index in [1.165, 1.54) is 6.33 Å². The molecule has 1 aromatic carbocycles. The molecule has 0 bridgehead atoms. The van der Waals surface area contributed by atoms with Gasteiger partial charge in [-0.1, -0.05) is 30.3 Å². The van der Waals surface area contributed by atoms with E-state index in [4.69, 9.17) is 4.74 Å². The van der Waals surface area contributed by atoms with Crippen molar-refractivity contribution in [3.05, 3.63) is 48.0 Å². The summed E-state index contributed by atoms with van der Waals surface area (Å²) in [5, 5.41) is 0. The molecule has 0 radical (unpaired) electrons. The predicted molar refractivity (Wildman–Crippen MR) is 81.2 cm³/mol. The zero-order chi connectivity index (χ0) is 14.8. The summed E-state index contributed by atoms with van der Waals surface area (Å²) in [5.74, 6) is 1.46. The number of imidazole rings is 1. The van der Waals surface area contributed by atoms with Crippen LogP contribution in [0.15, 0.2) is 36.7 Å². The largest absolute Gasteiger partial charge is 0.471 e. The van der Waals surface area contributed by atoms with Crippen molar-refractivity contribution >= 4 is 11.2 Å². The molecule has 2 aromatic heterocycles. The molecule has 0 spiro atoms. The Kier molecular flexibility index (Phi) is 3.56. The minimum absolute atomic E-state index is 0.298. The van der Waals surface area contributed by atoms with Crippen LogP contribution in [0.4, 0.5) is 0 Å². The highest BCUT2D eigenvalue weighted by atomic mass is 16.5. The molecule has 0 aliphatic rings. The second kappa shape index (κ2) is 5.52. The predicted octanol–water partition coefficient (Wildman–Crippen LogP) is 3.29. The number of aromatic nitrogens is 4. The summed E-state index contributed by atoms with van der Waals surface area (Å²) in [6, 6.07) is 10.3. The van der Waals surface area contributed by atoms with Gasteiger partial charge in [0.1, 0.15) is 18.8 Å². The first-order valence-electron chi connectivity index (χ1n) is 7.03. The second-order valence-electron chi connectivity index (χ2n) is 5.25. The highest BCUT2D eigenvalue weighted by molar-refractivity contribution is 5.76. The summed E-state index contributed by atoms with van der Waals surface area (Å²) in [6.45, 7) is 6.67. The minimum atomic E-state index is 0.298. The summed E-state index contributed by atoms with van der Waals surface area (Å²) >= 11 is 0. The Balaban J connectivity index is 1.94. The van der Waals surface area contributed by atoms with Gasteiger partial charge in [-0.05, 0) is 26.3 Å². The van der Waals surface area contributed by atoms with E-state index in [1.807, 2.05) is 37.3 Å². The summed E-state index contributed by atoms with van der Waals surface area (Å²) < 4.78 is 7.92. The molecule has 0 amide bonds. The maximum Gasteiger partial charge on any atom is 0.245 e. The Morgan fingerprint density at radius 3 is 2.62 bits per heavy atom. The van der Waals surface area contributed by atoms with Gasteiger partial charge in [0.25, 0.3) is 0 Å². The van der Waals surface area contributed by atoms with Crippen LogP contribution in [-0.4, -0.2) is 19.5 Å². The van der Waals surface area contributed by atoms with Crippen molar-refractivity contribution in [2.45, 2.75) is 33.4 Å². The Bertz CT molecular complexity index is 750. The lowest BCUT2D eigenvalue weighted by Crippen LogP contribution is -2.04. The van der Waals surface area contributed by atoms with Crippen LogP contribution in [-0.2, 0) is 6.61 Å². The summed E-state index contributed by atoms with van der Waals surface area (Å²) in [6.07, 6.45) is 1.53. The number of rotatable bonds is 4. The van der Waals surface area contributed by atoms with Crippen LogP contribution in [0.25, 0.3) is 11.2 Å². The van der Waals surface area contributed by atoms with Gasteiger partial charge in [0.05, 0.1) is 0 Å². The molecule has 0 N–H and O–H groups in total. The van der Waals surface area contributed by atoms with Crippen molar-refractivity contribution in [1.82, 2.24) is 19.5 Å². The normalized spacial score (nSPS) is 11.2. The highest BCUT2D eigenvalue weighted by Crippen LogP contribution is 2.25. The lowest BCUT2D eigenvalue weighted by molar-refractivity contribution is 0.297. The van der Waals surface area contributed by atoms with Gasteiger partial charge in [0.2, 0.25) is 5.88 Å². The molecule has 0 saturated heterocycles. The minimum Gasteiger partial charge on any atom is -0.471 e. The van der Waals surface area contributed by atoms with Gasteiger partial charge in [-0.2, -0.15) is 4.98 Å². The fraction of sp³-hybridized carbons (Fsp3) is 0.312. The molecular weight excluding hydrogens is 264 g/mol. The molecule has 21 heavy (non-hydrogen) atoms. The Hall–Kier alpha value is -2.43. The molecule has 0 atom stereocenters. The first-order chi connectivity index (χ1) is 10.2. The van der Waals surface area contributed by atoms with Gasteiger partial charge in [-0.3, -0.25) is 0 Å². The van der Waals surface area contributed by atoms with Crippen LogP contribution >= 0.6 is 0 Å². The van der Waals surface area contributed by atoms with E-state index in [-0.39, 0.29) is 0 Å². The van der Waals surface area contributed by atoms with Crippen LogP contribution in [0.2, 0.25) is 0 Å². The third kappa shape index (κ3) is 2.59. The molecule has 0 aliphatic heterocycles. The molecule has 3 aromatic rings. The zero-order valence-electron chi connectivity index (χ0n) is 12.4. The molecule has 5 heteroatoms. The van der Waals surface area contributed by atoms with Crippen molar-refractivity contribution in [2.24, 2.45) is 0 Å². The quantitative estimate of drug-likeness (QED) is 0.736. The smallest absolute Gasteiger partial charge is 0.245 e. The fourth-order valence-corrected chi connectivity index (χ4v) is 2.45. The van der Waals surface area contributed by atoms with E-state index >= 15 is 0 Å². The summed E-state index contributed by atoms with van der Waals surface area (Å²) in [5.41, 5.74) is 2.64. The first-order valence-corrected chi connectivity index (χ1v) is 7.03. The number of fused-ring (bicyclic) bond motifs is 1. The van der Waals surface area contributed by atoms with Crippen molar-refractivity contribution in [2.75, 3.05) is 0 Å². The van der Waals surface area contributed by atoms with Gasteiger partial charge in [0.15, 0.2) is 11.2 Å². The Morgan fingerprint density at radius 1 is 1.14 bits per heavy atom. The standard InChI is InChI=1S/C16H18N4O/c1-11(2)20-12(3)19-14-15(20)17-10-18-16(14)21-9-13-7-5-4-6-8-13/h4-8,10-11H,9H2,1-3H3. The van der Waals surface area contributed by atoms with Crippen molar-refractivity contribution in [1.29, 1.82) is 0 Å². The first kappa shape index (κ1) is 13.5. The van der Waals surface area contributed by atoms with Crippen LogP contribution in [0.5, 0.6) is 5.88 Å². The Labute approximate surface area is 123 Å². The van der Waals surface area contributed by atoms with Gasteiger partial charge >= 0.3 is 0 Å². The number of benzene rings is 1. The van der Waals surface area contributed by atoms with Crippen molar-refractivity contribution < 1.29 is 4.74 Å². The Morgan fingerprint density at radius 2 is 1.90 bits per heavy atom.